The fourth-order valence-corrected chi connectivity index (χ4v) is 4.25. The van der Waals surface area contributed by atoms with Gasteiger partial charge in [0.05, 0.1) is 18.7 Å². The monoisotopic (exact) mass is 730 g/mol. The highest BCUT2D eigenvalue weighted by molar-refractivity contribution is 5.73. The molecule has 0 unspecified atom stereocenters. The van der Waals surface area contributed by atoms with Crippen molar-refractivity contribution in [1.82, 2.24) is 21.3 Å². The number of nitrogens with one attached hydrogen (secondary N) is 4. The van der Waals surface area contributed by atoms with E-state index in [9.17, 15) is 29.1 Å². The van der Waals surface area contributed by atoms with Gasteiger partial charge in [-0.1, -0.05) is 60.7 Å². The average molecular weight is 731 g/mol. The summed E-state index contributed by atoms with van der Waals surface area (Å²) in [5.74, 6) is 0. The normalized spacial score (nSPS) is 12.1. The summed E-state index contributed by atoms with van der Waals surface area (Å²) in [6.45, 7) is 11.8. The van der Waals surface area contributed by atoms with Crippen molar-refractivity contribution < 1.29 is 48.0 Å². The number of alkyl carbamates (subject to hydrolysis) is 4. The van der Waals surface area contributed by atoms with E-state index in [2.05, 4.69) is 21.3 Å². The van der Waals surface area contributed by atoms with Gasteiger partial charge in [-0.15, -0.1) is 0 Å². The molecule has 14 nitrogen and oxygen atoms in total. The Balaban J connectivity index is 0.000000520. The van der Waals surface area contributed by atoms with Gasteiger partial charge in [-0.25, -0.2) is 19.2 Å². The minimum Gasteiger partial charge on any atom is -0.445 e. The van der Waals surface area contributed by atoms with Crippen LogP contribution < -0.4 is 21.3 Å². The molecule has 5 N–H and O–H groups in total. The first-order valence-corrected chi connectivity index (χ1v) is 17.5. The number of hydrogen-bond donors (Lipinski definition) is 5. The lowest BCUT2D eigenvalue weighted by Crippen LogP contribution is -2.41. The molecule has 0 radical (unpaired) electrons. The van der Waals surface area contributed by atoms with Gasteiger partial charge in [0.1, 0.15) is 30.7 Å². The molecule has 2 rings (SSSR count). The van der Waals surface area contributed by atoms with E-state index in [4.69, 9.17) is 18.9 Å². The van der Waals surface area contributed by atoms with Crippen molar-refractivity contribution in [2.24, 2.45) is 0 Å². The largest absolute Gasteiger partial charge is 0.445 e. The summed E-state index contributed by atoms with van der Waals surface area (Å²) in [6, 6.07) is 17.9. The van der Waals surface area contributed by atoms with Gasteiger partial charge in [-0.05, 0) is 91.2 Å². The van der Waals surface area contributed by atoms with Crippen molar-refractivity contribution in [2.45, 2.75) is 117 Å². The van der Waals surface area contributed by atoms with Crippen molar-refractivity contribution in [2.75, 3.05) is 19.7 Å². The van der Waals surface area contributed by atoms with E-state index in [0.717, 1.165) is 17.5 Å². The van der Waals surface area contributed by atoms with E-state index in [1.54, 1.807) is 41.5 Å². The molecule has 2 aromatic rings. The van der Waals surface area contributed by atoms with E-state index in [1.807, 2.05) is 60.7 Å². The molecule has 0 aliphatic rings. The first-order valence-electron chi connectivity index (χ1n) is 17.5. The Bertz CT molecular complexity index is 1310. The zero-order chi connectivity index (χ0) is 38.8. The summed E-state index contributed by atoms with van der Waals surface area (Å²) in [5, 5.41) is 19.8. The SMILES string of the molecule is CC(C)(C)OC(=O)N[C@H](C=O)CCCCNC(=O)OCc1ccccc1.CC(C)(C)OC(=O)N[C@H](CO)CCCCNC(=O)OCc1ccccc1. The van der Waals surface area contributed by atoms with E-state index in [-0.39, 0.29) is 25.9 Å². The molecule has 4 amide bonds. The van der Waals surface area contributed by atoms with Gasteiger partial charge in [0.15, 0.2) is 0 Å². The fourth-order valence-electron chi connectivity index (χ4n) is 4.25. The second kappa shape index (κ2) is 25.2. The highest BCUT2D eigenvalue weighted by atomic mass is 16.6. The summed E-state index contributed by atoms with van der Waals surface area (Å²) in [7, 11) is 0. The molecule has 0 saturated carbocycles. The molecule has 0 saturated heterocycles. The summed E-state index contributed by atoms with van der Waals surface area (Å²) in [4.78, 5) is 57.5. The number of carbonyl (C=O) groups is 5. The van der Waals surface area contributed by atoms with Crippen molar-refractivity contribution in [3.05, 3.63) is 71.8 Å². The molecule has 14 heteroatoms. The van der Waals surface area contributed by atoms with Gasteiger partial charge in [0.2, 0.25) is 0 Å². The maximum atomic E-state index is 11.7. The van der Waals surface area contributed by atoms with Crippen molar-refractivity contribution in [3.63, 3.8) is 0 Å². The van der Waals surface area contributed by atoms with E-state index >= 15 is 0 Å². The number of ether oxygens (including phenoxy) is 4. The van der Waals surface area contributed by atoms with Gasteiger partial charge >= 0.3 is 24.4 Å². The summed E-state index contributed by atoms with van der Waals surface area (Å²) in [6.07, 6.45) is 2.45. The van der Waals surface area contributed by atoms with Crippen LogP contribution in [0.2, 0.25) is 0 Å². The van der Waals surface area contributed by atoms with Crippen LogP contribution in [0.3, 0.4) is 0 Å². The molecule has 0 spiro atoms. The molecule has 0 bridgehead atoms. The second-order valence-electron chi connectivity index (χ2n) is 13.9. The molecule has 52 heavy (non-hydrogen) atoms. The average Bonchev–Trinajstić information content (AvgIpc) is 3.08. The van der Waals surface area contributed by atoms with Crippen LogP contribution in [-0.2, 0) is 37.0 Å². The lowest BCUT2D eigenvalue weighted by atomic mass is 10.1. The number of carbonyl (C=O) groups excluding carboxylic acids is 5. The predicted molar refractivity (Wildman–Crippen MR) is 196 cm³/mol. The Morgan fingerprint density at radius 3 is 1.46 bits per heavy atom. The molecule has 0 aliphatic carbocycles. The van der Waals surface area contributed by atoms with Gasteiger partial charge in [-0.2, -0.15) is 0 Å². The minimum absolute atomic E-state index is 0.161. The Hall–Kier alpha value is -4.85. The molecule has 0 aliphatic heterocycles. The number of aliphatic hydroxyl groups is 1. The zero-order valence-corrected chi connectivity index (χ0v) is 31.4. The molecular weight excluding hydrogens is 672 g/mol. The third-order valence-corrected chi connectivity index (χ3v) is 6.69. The number of rotatable bonds is 18. The second-order valence-corrected chi connectivity index (χ2v) is 13.9. The highest BCUT2D eigenvalue weighted by Crippen LogP contribution is 2.09. The number of unbranched alkanes of at least 4 members (excludes halogenated alkanes) is 2. The number of amides is 4. The molecule has 290 valence electrons. The van der Waals surface area contributed by atoms with Crippen LogP contribution in [0.5, 0.6) is 0 Å². The third kappa shape index (κ3) is 25.2. The van der Waals surface area contributed by atoms with Crippen LogP contribution in [0.1, 0.15) is 91.2 Å². The maximum absolute atomic E-state index is 11.7. The number of benzene rings is 2. The van der Waals surface area contributed by atoms with Crippen molar-refractivity contribution >= 4 is 30.7 Å². The smallest absolute Gasteiger partial charge is 0.408 e. The lowest BCUT2D eigenvalue weighted by molar-refractivity contribution is -0.109. The number of aldehydes is 1. The van der Waals surface area contributed by atoms with Gasteiger partial charge in [0, 0.05) is 13.1 Å². The molecule has 2 aromatic carbocycles. The standard InChI is InChI=1S/C19H30N2O5.C19H28N2O5/c2*1-19(2,3)26-18(24)21-16(13-22)11-7-8-12-20-17(23)25-14-15-9-5-4-6-10-15/h4-6,9-10,16,22H,7-8,11-14H2,1-3H3,(H,20,23)(H,21,24);4-6,9-10,13,16H,7-8,11-12,14H2,1-3H3,(H,20,23)(H,21,24)/t2*16-/m00/s1. The number of hydrogen-bond acceptors (Lipinski definition) is 10. The first-order chi connectivity index (χ1) is 24.6. The summed E-state index contributed by atoms with van der Waals surface area (Å²) >= 11 is 0. The first kappa shape index (κ1) is 45.2. The molecular formula is C38H58N4O10. The molecule has 2 atom stereocenters. The Labute approximate surface area is 307 Å². The van der Waals surface area contributed by atoms with Crippen LogP contribution in [-0.4, -0.2) is 78.7 Å². The summed E-state index contributed by atoms with van der Waals surface area (Å²) in [5.41, 5.74) is 0.668. The fraction of sp³-hybridized carbons (Fsp3) is 0.553. The molecule has 0 fully saturated rings. The minimum atomic E-state index is -0.614. The van der Waals surface area contributed by atoms with Crippen molar-refractivity contribution in [3.8, 4) is 0 Å². The van der Waals surface area contributed by atoms with Crippen LogP contribution in [0.4, 0.5) is 19.2 Å². The highest BCUT2D eigenvalue weighted by Gasteiger charge is 2.20. The Morgan fingerprint density at radius 2 is 1.06 bits per heavy atom. The van der Waals surface area contributed by atoms with Gasteiger partial charge in [0.25, 0.3) is 0 Å². The topological polar surface area (TPSA) is 191 Å². The lowest BCUT2D eigenvalue weighted by Gasteiger charge is -2.22. The van der Waals surface area contributed by atoms with Gasteiger partial charge < -0.3 is 50.1 Å². The van der Waals surface area contributed by atoms with E-state index < -0.39 is 41.6 Å². The number of aliphatic hydroxyl groups excluding tert-OH is 1. The van der Waals surface area contributed by atoms with Crippen molar-refractivity contribution in [1.29, 1.82) is 0 Å². The van der Waals surface area contributed by atoms with Crippen LogP contribution >= 0.6 is 0 Å². The maximum Gasteiger partial charge on any atom is 0.408 e. The third-order valence-electron chi connectivity index (χ3n) is 6.69. The molecule has 0 aromatic heterocycles. The van der Waals surface area contributed by atoms with Crippen LogP contribution in [0.15, 0.2) is 60.7 Å². The predicted octanol–water partition coefficient (Wildman–Crippen LogP) is 6.14. The Kier molecular flexibility index (Phi) is 21.9. The van der Waals surface area contributed by atoms with E-state index in [0.29, 0.717) is 51.5 Å². The quantitative estimate of drug-likeness (QED) is 0.0676. The van der Waals surface area contributed by atoms with E-state index in [1.165, 1.54) is 0 Å². The van der Waals surface area contributed by atoms with Crippen LogP contribution in [0.25, 0.3) is 0 Å². The molecule has 0 heterocycles. The summed E-state index contributed by atoms with van der Waals surface area (Å²) < 4.78 is 20.5. The van der Waals surface area contributed by atoms with Crippen LogP contribution in [0, 0.1) is 0 Å². The van der Waals surface area contributed by atoms with Gasteiger partial charge in [-0.3, -0.25) is 0 Å². The zero-order valence-electron chi connectivity index (χ0n) is 31.4. The Morgan fingerprint density at radius 1 is 0.635 bits per heavy atom.